The number of likely N-dealkylation sites (tertiary alicyclic amines) is 1. The Morgan fingerprint density at radius 1 is 1.47 bits per heavy atom. The highest BCUT2D eigenvalue weighted by Gasteiger charge is 2.25. The molecule has 1 fully saturated rings. The smallest absolute Gasteiger partial charge is 0.137 e. The Hall–Kier alpha value is -0.870. The van der Waals surface area contributed by atoms with Gasteiger partial charge in [0.2, 0.25) is 0 Å². The summed E-state index contributed by atoms with van der Waals surface area (Å²) < 4.78 is 0. The molecule has 2 heterocycles. The number of rotatable bonds is 4. The molecule has 0 amide bonds. The van der Waals surface area contributed by atoms with Crippen molar-refractivity contribution in [3.63, 3.8) is 0 Å². The SMILES string of the molecule is CCCc1c(Cl)ncnc1NC1CCN(C)CC1C. The molecule has 0 saturated carbocycles. The molecule has 1 aliphatic heterocycles. The van der Waals surface area contributed by atoms with Gasteiger partial charge in [-0.15, -0.1) is 0 Å². The van der Waals surface area contributed by atoms with E-state index in [4.69, 9.17) is 11.6 Å². The lowest BCUT2D eigenvalue weighted by Crippen LogP contribution is -2.43. The van der Waals surface area contributed by atoms with Gasteiger partial charge >= 0.3 is 0 Å². The number of hydrogen-bond donors (Lipinski definition) is 1. The first kappa shape index (κ1) is 14.5. The van der Waals surface area contributed by atoms with Gasteiger partial charge in [0.05, 0.1) is 0 Å². The van der Waals surface area contributed by atoms with Crippen molar-refractivity contribution in [3.8, 4) is 0 Å². The van der Waals surface area contributed by atoms with Gasteiger partial charge in [0.1, 0.15) is 17.3 Å². The average Bonchev–Trinajstić information content (AvgIpc) is 2.37. The molecule has 1 saturated heterocycles. The maximum atomic E-state index is 6.19. The second-order valence-electron chi connectivity index (χ2n) is 5.52. The minimum atomic E-state index is 0.470. The first-order valence-electron chi connectivity index (χ1n) is 7.06. The van der Waals surface area contributed by atoms with E-state index in [9.17, 15) is 0 Å². The van der Waals surface area contributed by atoms with Gasteiger partial charge in [0.25, 0.3) is 0 Å². The van der Waals surface area contributed by atoms with Gasteiger partial charge in [-0.3, -0.25) is 0 Å². The summed E-state index contributed by atoms with van der Waals surface area (Å²) in [5.74, 6) is 1.53. The summed E-state index contributed by atoms with van der Waals surface area (Å²) in [4.78, 5) is 10.9. The van der Waals surface area contributed by atoms with Gasteiger partial charge < -0.3 is 10.2 Å². The highest BCUT2D eigenvalue weighted by molar-refractivity contribution is 6.30. The number of nitrogens with one attached hydrogen (secondary N) is 1. The monoisotopic (exact) mass is 282 g/mol. The van der Waals surface area contributed by atoms with E-state index in [0.29, 0.717) is 17.1 Å². The molecular weight excluding hydrogens is 260 g/mol. The van der Waals surface area contributed by atoms with Crippen molar-refractivity contribution in [1.29, 1.82) is 0 Å². The van der Waals surface area contributed by atoms with Crippen LogP contribution in [-0.4, -0.2) is 41.0 Å². The average molecular weight is 283 g/mol. The number of halogens is 1. The quantitative estimate of drug-likeness (QED) is 0.862. The molecule has 1 N–H and O–H groups in total. The minimum Gasteiger partial charge on any atom is -0.367 e. The summed E-state index contributed by atoms with van der Waals surface area (Å²) in [7, 11) is 2.18. The van der Waals surface area contributed by atoms with Crippen LogP contribution < -0.4 is 5.32 Å². The number of aromatic nitrogens is 2. The maximum absolute atomic E-state index is 6.19. The third kappa shape index (κ3) is 3.57. The molecule has 0 radical (unpaired) electrons. The van der Waals surface area contributed by atoms with Crippen molar-refractivity contribution in [2.75, 3.05) is 25.5 Å². The lowest BCUT2D eigenvalue weighted by Gasteiger charge is -2.35. The van der Waals surface area contributed by atoms with Gasteiger partial charge in [-0.2, -0.15) is 0 Å². The van der Waals surface area contributed by atoms with Gasteiger partial charge in [-0.25, -0.2) is 9.97 Å². The number of piperidine rings is 1. The highest BCUT2D eigenvalue weighted by atomic mass is 35.5. The normalized spacial score (nSPS) is 24.4. The zero-order valence-electron chi connectivity index (χ0n) is 12.0. The molecule has 2 atom stereocenters. The molecule has 2 unspecified atom stereocenters. The Balaban J connectivity index is 2.12. The Morgan fingerprint density at radius 2 is 2.26 bits per heavy atom. The topological polar surface area (TPSA) is 41.1 Å². The van der Waals surface area contributed by atoms with Crippen LogP contribution in [0.3, 0.4) is 0 Å². The second kappa shape index (κ2) is 6.53. The first-order chi connectivity index (χ1) is 9.11. The van der Waals surface area contributed by atoms with Crippen LogP contribution in [0.5, 0.6) is 0 Å². The van der Waals surface area contributed by atoms with E-state index in [2.05, 4.69) is 41.1 Å². The molecule has 19 heavy (non-hydrogen) atoms. The summed E-state index contributed by atoms with van der Waals surface area (Å²) in [6.07, 6.45) is 4.65. The van der Waals surface area contributed by atoms with Crippen molar-refractivity contribution >= 4 is 17.4 Å². The van der Waals surface area contributed by atoms with Crippen molar-refractivity contribution in [1.82, 2.24) is 14.9 Å². The Kier molecular flexibility index (Phi) is 4.99. The van der Waals surface area contributed by atoms with Crippen LogP contribution in [0.15, 0.2) is 6.33 Å². The molecule has 5 heteroatoms. The fourth-order valence-electron chi connectivity index (χ4n) is 2.73. The molecule has 0 bridgehead atoms. The van der Waals surface area contributed by atoms with E-state index < -0.39 is 0 Å². The molecule has 1 aromatic heterocycles. The molecule has 0 aromatic carbocycles. The summed E-state index contributed by atoms with van der Waals surface area (Å²) >= 11 is 6.19. The number of anilines is 1. The third-order valence-corrected chi connectivity index (χ3v) is 4.15. The zero-order chi connectivity index (χ0) is 13.8. The summed E-state index contributed by atoms with van der Waals surface area (Å²) in [5.41, 5.74) is 1.05. The third-order valence-electron chi connectivity index (χ3n) is 3.82. The highest BCUT2D eigenvalue weighted by Crippen LogP contribution is 2.25. The molecule has 4 nitrogen and oxygen atoms in total. The lowest BCUT2D eigenvalue weighted by molar-refractivity contribution is 0.206. The van der Waals surface area contributed by atoms with Crippen molar-refractivity contribution < 1.29 is 0 Å². The molecule has 1 aromatic rings. The largest absolute Gasteiger partial charge is 0.367 e. The molecular formula is C14H23ClN4. The van der Waals surface area contributed by atoms with Gasteiger partial charge in [0, 0.05) is 18.2 Å². The maximum Gasteiger partial charge on any atom is 0.137 e. The molecule has 1 aliphatic rings. The van der Waals surface area contributed by atoms with Gasteiger partial charge in [-0.1, -0.05) is 31.9 Å². The van der Waals surface area contributed by atoms with Gasteiger partial charge in [0.15, 0.2) is 0 Å². The van der Waals surface area contributed by atoms with E-state index in [1.54, 1.807) is 6.33 Å². The van der Waals surface area contributed by atoms with Crippen molar-refractivity contribution in [3.05, 3.63) is 17.0 Å². The molecule has 2 rings (SSSR count). The van der Waals surface area contributed by atoms with Crippen LogP contribution in [0.1, 0.15) is 32.3 Å². The zero-order valence-corrected chi connectivity index (χ0v) is 12.7. The fraction of sp³-hybridized carbons (Fsp3) is 0.714. The van der Waals surface area contributed by atoms with Crippen molar-refractivity contribution in [2.45, 2.75) is 39.2 Å². The van der Waals surface area contributed by atoms with E-state index in [1.165, 1.54) is 0 Å². The number of hydrogen-bond acceptors (Lipinski definition) is 4. The van der Waals surface area contributed by atoms with Crippen LogP contribution in [0.4, 0.5) is 5.82 Å². The van der Waals surface area contributed by atoms with Gasteiger partial charge in [-0.05, 0) is 32.4 Å². The number of nitrogens with zero attached hydrogens (tertiary/aromatic N) is 3. The summed E-state index contributed by atoms with van der Waals surface area (Å²) in [6, 6.07) is 0.470. The van der Waals surface area contributed by atoms with Crippen LogP contribution in [-0.2, 0) is 6.42 Å². The van der Waals surface area contributed by atoms with E-state index >= 15 is 0 Å². The lowest BCUT2D eigenvalue weighted by atomic mass is 9.94. The standard InChI is InChI=1S/C14H23ClN4/c1-4-5-11-13(15)16-9-17-14(11)18-12-6-7-19(3)8-10(12)2/h9-10,12H,4-8H2,1-3H3,(H,16,17,18). The predicted molar refractivity (Wildman–Crippen MR) is 79.7 cm³/mol. The second-order valence-corrected chi connectivity index (χ2v) is 5.88. The van der Waals surface area contributed by atoms with Crippen LogP contribution in [0.2, 0.25) is 5.15 Å². The Bertz CT molecular complexity index is 424. The van der Waals surface area contributed by atoms with Crippen LogP contribution >= 0.6 is 11.6 Å². The van der Waals surface area contributed by atoms with Crippen molar-refractivity contribution in [2.24, 2.45) is 5.92 Å². The Morgan fingerprint density at radius 3 is 2.95 bits per heavy atom. The Labute approximate surface area is 120 Å². The van der Waals surface area contributed by atoms with E-state index in [1.807, 2.05) is 0 Å². The first-order valence-corrected chi connectivity index (χ1v) is 7.44. The van der Waals surface area contributed by atoms with E-state index in [-0.39, 0.29) is 0 Å². The minimum absolute atomic E-state index is 0.470. The molecule has 0 spiro atoms. The van der Waals surface area contributed by atoms with Crippen LogP contribution in [0.25, 0.3) is 0 Å². The predicted octanol–water partition coefficient (Wildman–Crippen LogP) is 2.83. The molecule has 106 valence electrons. The summed E-state index contributed by atoms with van der Waals surface area (Å²) in [6.45, 7) is 6.68. The van der Waals surface area contributed by atoms with E-state index in [0.717, 1.165) is 43.7 Å². The molecule has 0 aliphatic carbocycles. The summed E-state index contributed by atoms with van der Waals surface area (Å²) in [5, 5.41) is 4.17. The van der Waals surface area contributed by atoms with Crippen LogP contribution in [0, 0.1) is 5.92 Å². The fourth-order valence-corrected chi connectivity index (χ4v) is 2.96.